The van der Waals surface area contributed by atoms with Crippen LogP contribution in [0, 0.1) is 5.92 Å². The van der Waals surface area contributed by atoms with Crippen molar-refractivity contribution in [2.75, 3.05) is 19.7 Å². The third kappa shape index (κ3) is 7.25. The predicted octanol–water partition coefficient (Wildman–Crippen LogP) is 1.69. The number of aliphatic hydroxyl groups is 2. The molecule has 1 fully saturated rings. The molecule has 0 spiro atoms. The van der Waals surface area contributed by atoms with Gasteiger partial charge < -0.3 is 20.3 Å². The Bertz CT molecular complexity index is 246. The molecule has 0 aromatic rings. The van der Waals surface area contributed by atoms with Crippen LogP contribution in [0.25, 0.3) is 0 Å². The van der Waals surface area contributed by atoms with Crippen molar-refractivity contribution >= 4 is 0 Å². The maximum Gasteiger partial charge on any atom is 0.0897 e. The Morgan fingerprint density at radius 2 is 2.16 bits per heavy atom. The maximum absolute atomic E-state index is 9.85. The quantitative estimate of drug-likeness (QED) is 0.630. The van der Waals surface area contributed by atoms with Gasteiger partial charge in [-0.15, -0.1) is 0 Å². The molecule has 0 heterocycles. The minimum atomic E-state index is -0.695. The van der Waals surface area contributed by atoms with E-state index in [0.717, 1.165) is 18.8 Å². The predicted molar refractivity (Wildman–Crippen MR) is 77.2 cm³/mol. The van der Waals surface area contributed by atoms with Crippen LogP contribution < -0.4 is 5.32 Å². The Hall–Kier alpha value is -0.160. The first-order chi connectivity index (χ1) is 8.93. The monoisotopic (exact) mass is 273 g/mol. The fraction of sp³-hybridized carbons (Fsp3) is 1.00. The van der Waals surface area contributed by atoms with E-state index >= 15 is 0 Å². The van der Waals surface area contributed by atoms with Crippen LogP contribution in [0.15, 0.2) is 0 Å². The summed E-state index contributed by atoms with van der Waals surface area (Å²) in [5.41, 5.74) is -0.695. The van der Waals surface area contributed by atoms with Gasteiger partial charge >= 0.3 is 0 Å². The van der Waals surface area contributed by atoms with E-state index in [9.17, 15) is 10.2 Å². The smallest absolute Gasteiger partial charge is 0.0897 e. The van der Waals surface area contributed by atoms with Crippen molar-refractivity contribution < 1.29 is 14.9 Å². The van der Waals surface area contributed by atoms with Gasteiger partial charge in [0.2, 0.25) is 0 Å². The van der Waals surface area contributed by atoms with Gasteiger partial charge in [-0.2, -0.15) is 0 Å². The Balaban J connectivity index is 2.09. The molecule has 4 atom stereocenters. The van der Waals surface area contributed by atoms with E-state index < -0.39 is 11.7 Å². The first kappa shape index (κ1) is 16.9. The zero-order valence-electron chi connectivity index (χ0n) is 12.7. The van der Waals surface area contributed by atoms with Crippen molar-refractivity contribution in [3.63, 3.8) is 0 Å². The van der Waals surface area contributed by atoms with E-state index in [-0.39, 0.29) is 0 Å². The lowest BCUT2D eigenvalue weighted by Crippen LogP contribution is -2.41. The minimum Gasteiger partial charge on any atom is -0.389 e. The molecule has 114 valence electrons. The molecule has 1 aliphatic rings. The zero-order chi connectivity index (χ0) is 14.3. The van der Waals surface area contributed by atoms with Crippen LogP contribution in [-0.4, -0.2) is 47.7 Å². The Kier molecular flexibility index (Phi) is 7.29. The molecule has 0 radical (unpaired) electrons. The van der Waals surface area contributed by atoms with Crippen molar-refractivity contribution in [2.24, 2.45) is 5.92 Å². The normalized spacial score (nSPS) is 28.9. The summed E-state index contributed by atoms with van der Waals surface area (Å²) in [5, 5.41) is 22.8. The maximum atomic E-state index is 9.85. The number of aliphatic hydroxyl groups excluding tert-OH is 1. The molecule has 0 saturated heterocycles. The van der Waals surface area contributed by atoms with Gasteiger partial charge in [-0.3, -0.25) is 0 Å². The lowest BCUT2D eigenvalue weighted by atomic mass is 9.89. The molecule has 1 aliphatic carbocycles. The first-order valence-electron chi connectivity index (χ1n) is 7.65. The lowest BCUT2D eigenvalue weighted by molar-refractivity contribution is -0.0323. The van der Waals surface area contributed by atoms with Gasteiger partial charge in [-0.05, 0) is 32.1 Å². The summed E-state index contributed by atoms with van der Waals surface area (Å²) in [7, 11) is 0. The van der Waals surface area contributed by atoms with Gasteiger partial charge in [0.25, 0.3) is 0 Å². The van der Waals surface area contributed by atoms with E-state index in [0.29, 0.717) is 32.2 Å². The van der Waals surface area contributed by atoms with Crippen LogP contribution in [0.1, 0.15) is 52.9 Å². The first-order valence-corrected chi connectivity index (χ1v) is 7.65. The van der Waals surface area contributed by atoms with Crippen LogP contribution in [-0.2, 0) is 4.74 Å². The molecule has 4 unspecified atom stereocenters. The van der Waals surface area contributed by atoms with E-state index in [4.69, 9.17) is 4.74 Å². The molecule has 1 saturated carbocycles. The highest BCUT2D eigenvalue weighted by Gasteiger charge is 2.21. The summed E-state index contributed by atoms with van der Waals surface area (Å²) in [6.07, 6.45) is 5.30. The van der Waals surface area contributed by atoms with Crippen LogP contribution in [0.3, 0.4) is 0 Å². The summed E-state index contributed by atoms with van der Waals surface area (Å²) in [6, 6.07) is 0. The van der Waals surface area contributed by atoms with Gasteiger partial charge in [-0.25, -0.2) is 0 Å². The molecule has 1 rings (SSSR count). The minimum absolute atomic E-state index is 0.317. The van der Waals surface area contributed by atoms with Gasteiger partial charge in [0.05, 0.1) is 24.4 Å². The van der Waals surface area contributed by atoms with E-state index in [1.807, 2.05) is 6.92 Å². The topological polar surface area (TPSA) is 61.7 Å². The van der Waals surface area contributed by atoms with Crippen LogP contribution >= 0.6 is 0 Å². The number of nitrogens with one attached hydrogen (secondary N) is 1. The Morgan fingerprint density at radius 3 is 2.79 bits per heavy atom. The fourth-order valence-electron chi connectivity index (χ4n) is 2.47. The van der Waals surface area contributed by atoms with Crippen molar-refractivity contribution in [2.45, 2.75) is 70.7 Å². The van der Waals surface area contributed by atoms with Gasteiger partial charge in [-0.1, -0.05) is 26.7 Å². The van der Waals surface area contributed by atoms with Crippen molar-refractivity contribution in [1.29, 1.82) is 0 Å². The highest BCUT2D eigenvalue weighted by atomic mass is 16.5. The molecular formula is C15H31NO3. The second-order valence-corrected chi connectivity index (χ2v) is 6.36. The molecule has 3 N–H and O–H groups in total. The van der Waals surface area contributed by atoms with Gasteiger partial charge in [0.1, 0.15) is 0 Å². The van der Waals surface area contributed by atoms with E-state index in [1.54, 1.807) is 6.92 Å². The molecule has 0 aliphatic heterocycles. The number of ether oxygens (including phenoxy) is 1. The molecule has 4 heteroatoms. The van der Waals surface area contributed by atoms with E-state index in [2.05, 4.69) is 12.2 Å². The fourth-order valence-corrected chi connectivity index (χ4v) is 2.47. The molecule has 0 aromatic carbocycles. The van der Waals surface area contributed by atoms with Crippen molar-refractivity contribution in [3.05, 3.63) is 0 Å². The zero-order valence-corrected chi connectivity index (χ0v) is 12.7. The molecule has 0 aromatic heterocycles. The van der Waals surface area contributed by atoms with Crippen molar-refractivity contribution in [3.8, 4) is 0 Å². The summed E-state index contributed by atoms with van der Waals surface area (Å²) in [6.45, 7) is 7.37. The molecule has 19 heavy (non-hydrogen) atoms. The number of rotatable bonds is 8. The van der Waals surface area contributed by atoms with Gasteiger partial charge in [0.15, 0.2) is 0 Å². The standard InChI is InChI=1S/C15H31NO3/c1-4-15(3,18)11-16-9-13(17)10-19-14-7-5-6-12(2)8-14/h12-14,16-18H,4-11H2,1-3H3. The van der Waals surface area contributed by atoms with Crippen molar-refractivity contribution in [1.82, 2.24) is 5.32 Å². The van der Waals surface area contributed by atoms with Gasteiger partial charge in [0, 0.05) is 13.1 Å². The second-order valence-electron chi connectivity index (χ2n) is 6.36. The van der Waals surface area contributed by atoms with Crippen LogP contribution in [0.5, 0.6) is 0 Å². The lowest BCUT2D eigenvalue weighted by Gasteiger charge is -2.28. The Labute approximate surface area is 117 Å². The average molecular weight is 273 g/mol. The highest BCUT2D eigenvalue weighted by Crippen LogP contribution is 2.25. The number of hydrogen-bond acceptors (Lipinski definition) is 4. The second kappa shape index (κ2) is 8.20. The van der Waals surface area contributed by atoms with E-state index in [1.165, 1.54) is 12.8 Å². The third-order valence-corrected chi connectivity index (χ3v) is 4.06. The molecule has 4 nitrogen and oxygen atoms in total. The summed E-state index contributed by atoms with van der Waals surface area (Å²) < 4.78 is 5.77. The molecule has 0 bridgehead atoms. The van der Waals surface area contributed by atoms with Crippen LogP contribution in [0.2, 0.25) is 0 Å². The average Bonchev–Trinajstić information content (AvgIpc) is 2.36. The largest absolute Gasteiger partial charge is 0.389 e. The molecule has 0 amide bonds. The highest BCUT2D eigenvalue weighted by molar-refractivity contribution is 4.75. The third-order valence-electron chi connectivity index (χ3n) is 4.06. The van der Waals surface area contributed by atoms with Crippen LogP contribution in [0.4, 0.5) is 0 Å². The molecular weight excluding hydrogens is 242 g/mol. The summed E-state index contributed by atoms with van der Waals surface area (Å²) in [5.74, 6) is 0.744. The summed E-state index contributed by atoms with van der Waals surface area (Å²) in [4.78, 5) is 0. The SMILES string of the molecule is CCC(C)(O)CNCC(O)COC1CCCC(C)C1. The number of hydrogen-bond donors (Lipinski definition) is 3. The summed E-state index contributed by atoms with van der Waals surface area (Å²) >= 11 is 0. The Morgan fingerprint density at radius 1 is 1.42 bits per heavy atom.